The molecule has 0 spiro atoms. The second-order valence-corrected chi connectivity index (χ2v) is 8.32. The standard InChI is InChI=1S/C21H22N2O4S/c1-13(21(2,3)4)17(20(26)27-22-12-8-7-11-16(22)28)23-18(24)14-9-5-6-10-15(14)19(23)25/h5-13,17H,1-4H3/t13-,17+/m1/s1. The lowest BCUT2D eigenvalue weighted by Crippen LogP contribution is -2.54. The van der Waals surface area contributed by atoms with Gasteiger partial charge in [-0.05, 0) is 35.6 Å². The highest BCUT2D eigenvalue weighted by molar-refractivity contribution is 7.71. The summed E-state index contributed by atoms with van der Waals surface area (Å²) in [5, 5.41) is 0. The first-order valence-corrected chi connectivity index (χ1v) is 9.40. The van der Waals surface area contributed by atoms with E-state index in [1.807, 2.05) is 27.7 Å². The van der Waals surface area contributed by atoms with Crippen molar-refractivity contribution in [3.05, 3.63) is 64.4 Å². The maximum absolute atomic E-state index is 13.1. The number of amides is 2. The number of imide groups is 1. The van der Waals surface area contributed by atoms with Crippen LogP contribution in [0.3, 0.4) is 0 Å². The number of fused-ring (bicyclic) bond motifs is 1. The van der Waals surface area contributed by atoms with E-state index in [0.717, 1.165) is 9.63 Å². The van der Waals surface area contributed by atoms with Crippen molar-refractivity contribution >= 4 is 30.0 Å². The van der Waals surface area contributed by atoms with Crippen LogP contribution in [0.15, 0.2) is 48.7 Å². The third-order valence-corrected chi connectivity index (χ3v) is 5.48. The zero-order valence-electron chi connectivity index (χ0n) is 16.2. The molecule has 1 aromatic carbocycles. The topological polar surface area (TPSA) is 68.6 Å². The quantitative estimate of drug-likeness (QED) is 0.582. The minimum Gasteiger partial charge on any atom is -0.333 e. The van der Waals surface area contributed by atoms with Crippen molar-refractivity contribution in [2.45, 2.75) is 33.7 Å². The highest BCUT2D eigenvalue weighted by Gasteiger charge is 2.48. The van der Waals surface area contributed by atoms with Crippen LogP contribution in [0.25, 0.3) is 0 Å². The van der Waals surface area contributed by atoms with Crippen molar-refractivity contribution in [1.29, 1.82) is 0 Å². The maximum atomic E-state index is 13.1. The van der Waals surface area contributed by atoms with Crippen LogP contribution in [0.1, 0.15) is 48.4 Å². The van der Waals surface area contributed by atoms with E-state index in [0.29, 0.717) is 15.8 Å². The number of benzene rings is 1. The molecule has 1 aliphatic heterocycles. The fourth-order valence-electron chi connectivity index (χ4n) is 3.11. The van der Waals surface area contributed by atoms with Gasteiger partial charge in [-0.15, -0.1) is 0 Å². The second kappa shape index (κ2) is 7.31. The summed E-state index contributed by atoms with van der Waals surface area (Å²) in [6.07, 6.45) is 1.52. The molecule has 1 aromatic heterocycles. The van der Waals surface area contributed by atoms with Gasteiger partial charge in [0, 0.05) is 6.20 Å². The molecular formula is C21H22N2O4S. The van der Waals surface area contributed by atoms with Gasteiger partial charge < -0.3 is 4.84 Å². The molecule has 2 aromatic rings. The van der Waals surface area contributed by atoms with E-state index in [2.05, 4.69) is 0 Å². The van der Waals surface area contributed by atoms with E-state index >= 15 is 0 Å². The molecule has 2 amide bonds. The number of hydrogen-bond donors (Lipinski definition) is 0. The number of carbonyl (C=O) groups excluding carboxylic acids is 3. The van der Waals surface area contributed by atoms with Crippen LogP contribution in [0, 0.1) is 16.0 Å². The normalized spacial score (nSPS) is 15.9. The molecule has 0 aliphatic carbocycles. The number of aromatic nitrogens is 1. The summed E-state index contributed by atoms with van der Waals surface area (Å²) in [4.78, 5) is 45.6. The van der Waals surface area contributed by atoms with Gasteiger partial charge in [-0.25, -0.2) is 4.79 Å². The van der Waals surface area contributed by atoms with Gasteiger partial charge in [0.1, 0.15) is 10.7 Å². The molecule has 0 radical (unpaired) electrons. The summed E-state index contributed by atoms with van der Waals surface area (Å²) >= 11 is 5.17. The predicted molar refractivity (Wildman–Crippen MR) is 106 cm³/mol. The molecule has 0 bridgehead atoms. The first-order valence-electron chi connectivity index (χ1n) is 8.99. The van der Waals surface area contributed by atoms with Crippen LogP contribution in [-0.4, -0.2) is 33.5 Å². The summed E-state index contributed by atoms with van der Waals surface area (Å²) < 4.78 is 1.47. The Morgan fingerprint density at radius 1 is 1.00 bits per heavy atom. The molecule has 2 atom stereocenters. The van der Waals surface area contributed by atoms with Crippen LogP contribution in [0.2, 0.25) is 0 Å². The molecule has 2 heterocycles. The smallest absolute Gasteiger partial charge is 0.333 e. The number of rotatable bonds is 4. The summed E-state index contributed by atoms with van der Waals surface area (Å²) in [7, 11) is 0. The van der Waals surface area contributed by atoms with Gasteiger partial charge in [0.25, 0.3) is 11.8 Å². The summed E-state index contributed by atoms with van der Waals surface area (Å²) in [6.45, 7) is 7.68. The Morgan fingerprint density at radius 3 is 2.04 bits per heavy atom. The van der Waals surface area contributed by atoms with Gasteiger partial charge in [0.2, 0.25) is 0 Å². The van der Waals surface area contributed by atoms with E-state index in [-0.39, 0.29) is 11.3 Å². The van der Waals surface area contributed by atoms with Gasteiger partial charge in [-0.3, -0.25) is 14.5 Å². The van der Waals surface area contributed by atoms with Crippen molar-refractivity contribution < 1.29 is 19.2 Å². The molecule has 0 saturated heterocycles. The minimum absolute atomic E-state index is 0.294. The molecule has 0 unspecified atom stereocenters. The van der Waals surface area contributed by atoms with Gasteiger partial charge in [-0.1, -0.05) is 58.1 Å². The van der Waals surface area contributed by atoms with Gasteiger partial charge in [0.15, 0.2) is 0 Å². The Morgan fingerprint density at radius 2 is 1.54 bits per heavy atom. The van der Waals surface area contributed by atoms with Crippen molar-refractivity contribution in [2.24, 2.45) is 11.3 Å². The zero-order valence-corrected chi connectivity index (χ0v) is 17.0. The van der Waals surface area contributed by atoms with Crippen LogP contribution < -0.4 is 4.84 Å². The van der Waals surface area contributed by atoms with E-state index in [1.54, 1.807) is 42.5 Å². The predicted octanol–water partition coefficient (Wildman–Crippen LogP) is 3.52. The Kier molecular flexibility index (Phi) is 5.21. The summed E-state index contributed by atoms with van der Waals surface area (Å²) in [6, 6.07) is 10.5. The van der Waals surface area contributed by atoms with Crippen LogP contribution >= 0.6 is 12.2 Å². The van der Waals surface area contributed by atoms with E-state index in [4.69, 9.17) is 17.1 Å². The lowest BCUT2D eigenvalue weighted by Gasteiger charge is -2.36. The number of hydrogen-bond acceptors (Lipinski definition) is 5. The van der Waals surface area contributed by atoms with Crippen LogP contribution in [0.5, 0.6) is 0 Å². The maximum Gasteiger partial charge on any atom is 0.355 e. The molecule has 146 valence electrons. The minimum atomic E-state index is -1.09. The third kappa shape index (κ3) is 3.49. The number of pyridine rings is 1. The number of nitrogens with zero attached hydrogens (tertiary/aromatic N) is 2. The number of carbonyl (C=O) groups is 3. The molecule has 0 fully saturated rings. The largest absolute Gasteiger partial charge is 0.355 e. The fraction of sp³-hybridized carbons (Fsp3) is 0.333. The van der Waals surface area contributed by atoms with E-state index < -0.39 is 23.8 Å². The van der Waals surface area contributed by atoms with E-state index in [1.165, 1.54) is 6.20 Å². The molecule has 0 saturated carbocycles. The Bertz CT molecular complexity index is 971. The highest BCUT2D eigenvalue weighted by atomic mass is 32.1. The molecule has 1 aliphatic rings. The van der Waals surface area contributed by atoms with Crippen molar-refractivity contribution in [3.63, 3.8) is 0 Å². The first-order chi connectivity index (χ1) is 13.1. The molecule has 7 heteroatoms. The average Bonchev–Trinajstić information content (AvgIpc) is 2.89. The van der Waals surface area contributed by atoms with Crippen LogP contribution in [0.4, 0.5) is 0 Å². The Labute approximate surface area is 168 Å². The average molecular weight is 398 g/mol. The van der Waals surface area contributed by atoms with Crippen LogP contribution in [-0.2, 0) is 4.79 Å². The zero-order chi connectivity index (χ0) is 20.6. The monoisotopic (exact) mass is 398 g/mol. The van der Waals surface area contributed by atoms with Gasteiger partial charge >= 0.3 is 5.97 Å². The first kappa shape index (κ1) is 19.9. The summed E-state index contributed by atoms with van der Waals surface area (Å²) in [5.74, 6) is -2.05. The van der Waals surface area contributed by atoms with Gasteiger partial charge in [-0.2, -0.15) is 4.73 Å². The van der Waals surface area contributed by atoms with Gasteiger partial charge in [0.05, 0.1) is 11.1 Å². The molecule has 3 rings (SSSR count). The van der Waals surface area contributed by atoms with Crippen molar-refractivity contribution in [3.8, 4) is 0 Å². The Hall–Kier alpha value is -2.80. The fourth-order valence-corrected chi connectivity index (χ4v) is 3.28. The third-order valence-electron chi connectivity index (χ3n) is 5.16. The molecule has 28 heavy (non-hydrogen) atoms. The van der Waals surface area contributed by atoms with Crippen molar-refractivity contribution in [2.75, 3.05) is 0 Å². The lowest BCUT2D eigenvalue weighted by atomic mass is 9.77. The second-order valence-electron chi connectivity index (χ2n) is 7.90. The lowest BCUT2D eigenvalue weighted by molar-refractivity contribution is -0.152. The SMILES string of the molecule is C[C@H]([C@@H](C(=O)On1ccccc1=S)N1C(=O)c2ccccc2C1=O)C(C)(C)C. The highest BCUT2D eigenvalue weighted by Crippen LogP contribution is 2.35. The molecule has 6 nitrogen and oxygen atoms in total. The molecular weight excluding hydrogens is 376 g/mol. The Balaban J connectivity index is 2.03. The van der Waals surface area contributed by atoms with E-state index in [9.17, 15) is 14.4 Å². The summed E-state index contributed by atoms with van der Waals surface area (Å²) in [5.41, 5.74) is 0.224. The van der Waals surface area contributed by atoms with Crippen molar-refractivity contribution in [1.82, 2.24) is 9.63 Å². The molecule has 0 N–H and O–H groups in total.